The number of rotatable bonds is 5. The highest BCUT2D eigenvalue weighted by Crippen LogP contribution is 2.23. The van der Waals surface area contributed by atoms with Crippen LogP contribution in [0, 0.1) is 6.92 Å². The molecule has 0 saturated carbocycles. The van der Waals surface area contributed by atoms with Gasteiger partial charge in [-0.25, -0.2) is 4.98 Å². The van der Waals surface area contributed by atoms with E-state index in [1.165, 1.54) is 16.9 Å². The molecule has 0 saturated heterocycles. The van der Waals surface area contributed by atoms with E-state index in [1.807, 2.05) is 36.6 Å². The van der Waals surface area contributed by atoms with Gasteiger partial charge >= 0.3 is 0 Å². The van der Waals surface area contributed by atoms with Crippen molar-refractivity contribution >= 4 is 28.6 Å². The van der Waals surface area contributed by atoms with Gasteiger partial charge in [0.05, 0.1) is 11.0 Å². The van der Waals surface area contributed by atoms with Crippen molar-refractivity contribution in [3.8, 4) is 0 Å². The molecule has 3 nitrogen and oxygen atoms in total. The van der Waals surface area contributed by atoms with Gasteiger partial charge in [0.1, 0.15) is 5.69 Å². The zero-order valence-electron chi connectivity index (χ0n) is 12.2. The summed E-state index contributed by atoms with van der Waals surface area (Å²) in [4.78, 5) is 17.8. The predicted octanol–water partition coefficient (Wildman–Crippen LogP) is 4.23. The third-order valence-corrected chi connectivity index (χ3v) is 5.09. The van der Waals surface area contributed by atoms with E-state index in [2.05, 4.69) is 28.5 Å². The van der Waals surface area contributed by atoms with Crippen LogP contribution in [0.25, 0.3) is 0 Å². The number of thiazole rings is 1. The van der Waals surface area contributed by atoms with Crippen LogP contribution in [0.3, 0.4) is 0 Å². The lowest BCUT2D eigenvalue weighted by molar-refractivity contribution is 0.0932. The van der Waals surface area contributed by atoms with Crippen molar-refractivity contribution in [1.82, 2.24) is 10.3 Å². The lowest BCUT2D eigenvalue weighted by Crippen LogP contribution is -2.29. The average Bonchev–Trinajstić information content (AvgIpc) is 3.19. The predicted molar refractivity (Wildman–Crippen MR) is 91.5 cm³/mol. The van der Waals surface area contributed by atoms with E-state index in [0.717, 1.165) is 16.3 Å². The molecule has 1 amide bonds. The normalized spacial score (nSPS) is 12.0. The minimum atomic E-state index is -0.112. The summed E-state index contributed by atoms with van der Waals surface area (Å²) >= 11 is 3.15. The summed E-state index contributed by atoms with van der Waals surface area (Å²) in [5.74, 6) is -0.112. The van der Waals surface area contributed by atoms with Gasteiger partial charge in [-0.05, 0) is 30.4 Å². The monoisotopic (exact) mass is 328 g/mol. The molecule has 1 N–H and O–H groups in total. The highest BCUT2D eigenvalue weighted by atomic mass is 32.1. The van der Waals surface area contributed by atoms with Crippen molar-refractivity contribution in [3.05, 3.63) is 74.4 Å². The summed E-state index contributed by atoms with van der Waals surface area (Å²) in [6.07, 6.45) is 0.774. The van der Waals surface area contributed by atoms with Crippen molar-refractivity contribution in [2.75, 3.05) is 0 Å². The molecule has 2 aromatic heterocycles. The number of carbonyl (C=O) groups excluding carboxylic acids is 1. The Morgan fingerprint density at radius 2 is 2.00 bits per heavy atom. The van der Waals surface area contributed by atoms with Crippen LogP contribution < -0.4 is 5.32 Å². The summed E-state index contributed by atoms with van der Waals surface area (Å²) in [5, 5.41) is 7.86. The van der Waals surface area contributed by atoms with Crippen molar-refractivity contribution in [3.63, 3.8) is 0 Å². The number of carbonyl (C=O) groups is 1. The molecule has 5 heteroatoms. The fourth-order valence-electron chi connectivity index (χ4n) is 2.26. The molecule has 0 spiro atoms. The first-order valence-electron chi connectivity index (χ1n) is 7.02. The van der Waals surface area contributed by atoms with Gasteiger partial charge < -0.3 is 5.32 Å². The molecule has 1 unspecified atom stereocenters. The van der Waals surface area contributed by atoms with Crippen LogP contribution in [-0.4, -0.2) is 10.9 Å². The van der Waals surface area contributed by atoms with E-state index >= 15 is 0 Å². The molecule has 112 valence electrons. The van der Waals surface area contributed by atoms with Gasteiger partial charge in [-0.1, -0.05) is 36.4 Å². The van der Waals surface area contributed by atoms with E-state index in [1.54, 1.807) is 16.7 Å². The van der Waals surface area contributed by atoms with Crippen LogP contribution in [0.2, 0.25) is 0 Å². The highest BCUT2D eigenvalue weighted by molar-refractivity contribution is 7.10. The summed E-state index contributed by atoms with van der Waals surface area (Å²) in [5.41, 5.74) is 1.70. The Bertz CT molecular complexity index is 735. The maximum atomic E-state index is 12.4. The molecule has 0 fully saturated rings. The molecule has 3 rings (SSSR count). The second-order valence-electron chi connectivity index (χ2n) is 4.98. The molecule has 0 radical (unpaired) electrons. The second kappa shape index (κ2) is 6.85. The van der Waals surface area contributed by atoms with Crippen molar-refractivity contribution in [2.24, 2.45) is 0 Å². The SMILES string of the molecule is Cc1nc(C(=O)NC(Cc2ccccc2)c2cccs2)cs1. The third kappa shape index (κ3) is 3.61. The van der Waals surface area contributed by atoms with Crippen LogP contribution in [0.5, 0.6) is 0 Å². The fraction of sp³-hybridized carbons (Fsp3) is 0.176. The lowest BCUT2D eigenvalue weighted by Gasteiger charge is -2.17. The Balaban J connectivity index is 1.78. The van der Waals surface area contributed by atoms with Crippen molar-refractivity contribution in [2.45, 2.75) is 19.4 Å². The Hall–Kier alpha value is -1.98. The Kier molecular flexibility index (Phi) is 4.65. The van der Waals surface area contributed by atoms with Gasteiger partial charge in [0.2, 0.25) is 0 Å². The van der Waals surface area contributed by atoms with E-state index in [0.29, 0.717) is 5.69 Å². The highest BCUT2D eigenvalue weighted by Gasteiger charge is 2.18. The first kappa shape index (κ1) is 14.9. The van der Waals surface area contributed by atoms with Crippen molar-refractivity contribution < 1.29 is 4.79 Å². The minimum Gasteiger partial charge on any atom is -0.343 e. The molecule has 0 aliphatic carbocycles. The van der Waals surface area contributed by atoms with Gasteiger partial charge in [-0.3, -0.25) is 4.79 Å². The maximum Gasteiger partial charge on any atom is 0.271 e. The number of aryl methyl sites for hydroxylation is 1. The number of thiophene rings is 1. The zero-order chi connectivity index (χ0) is 15.4. The summed E-state index contributed by atoms with van der Waals surface area (Å²) in [7, 11) is 0. The topological polar surface area (TPSA) is 42.0 Å². The van der Waals surface area contributed by atoms with Crippen LogP contribution in [0.1, 0.15) is 32.0 Å². The Morgan fingerprint density at radius 1 is 1.18 bits per heavy atom. The van der Waals surface area contributed by atoms with Gasteiger partial charge in [0.15, 0.2) is 0 Å². The Morgan fingerprint density at radius 3 is 2.64 bits per heavy atom. The number of benzene rings is 1. The molecular formula is C17H16N2OS2. The molecule has 0 aliphatic rings. The van der Waals surface area contributed by atoms with Crippen LogP contribution >= 0.6 is 22.7 Å². The maximum absolute atomic E-state index is 12.4. The van der Waals surface area contributed by atoms with E-state index in [-0.39, 0.29) is 11.9 Å². The first-order valence-corrected chi connectivity index (χ1v) is 8.78. The van der Waals surface area contributed by atoms with Crippen molar-refractivity contribution in [1.29, 1.82) is 0 Å². The zero-order valence-corrected chi connectivity index (χ0v) is 13.8. The molecule has 22 heavy (non-hydrogen) atoms. The van der Waals surface area contributed by atoms with Crippen LogP contribution in [-0.2, 0) is 6.42 Å². The number of nitrogens with zero attached hydrogens (tertiary/aromatic N) is 1. The second-order valence-corrected chi connectivity index (χ2v) is 7.02. The Labute approximate surface area is 137 Å². The number of aromatic nitrogens is 1. The standard InChI is InChI=1S/C17H16N2OS2/c1-12-18-15(11-22-12)17(20)19-14(16-8-5-9-21-16)10-13-6-3-2-4-7-13/h2-9,11,14H,10H2,1H3,(H,19,20). The molecule has 3 aromatic rings. The smallest absolute Gasteiger partial charge is 0.271 e. The largest absolute Gasteiger partial charge is 0.343 e. The van der Waals surface area contributed by atoms with Gasteiger partial charge in [0, 0.05) is 10.3 Å². The van der Waals surface area contributed by atoms with Gasteiger partial charge in [-0.2, -0.15) is 0 Å². The minimum absolute atomic E-state index is 0.0306. The number of hydrogen-bond acceptors (Lipinski definition) is 4. The lowest BCUT2D eigenvalue weighted by atomic mass is 10.0. The number of amides is 1. The van der Waals surface area contributed by atoms with Crippen LogP contribution in [0.15, 0.2) is 53.2 Å². The van der Waals surface area contributed by atoms with Gasteiger partial charge in [-0.15, -0.1) is 22.7 Å². The number of hydrogen-bond donors (Lipinski definition) is 1. The quantitative estimate of drug-likeness (QED) is 0.761. The first-order chi connectivity index (χ1) is 10.7. The number of nitrogens with one attached hydrogen (secondary N) is 1. The average molecular weight is 328 g/mol. The summed E-state index contributed by atoms with van der Waals surface area (Å²) in [6, 6.07) is 14.2. The van der Waals surface area contributed by atoms with E-state index in [4.69, 9.17) is 0 Å². The van der Waals surface area contributed by atoms with E-state index < -0.39 is 0 Å². The molecule has 1 aromatic carbocycles. The van der Waals surface area contributed by atoms with Crippen LogP contribution in [0.4, 0.5) is 0 Å². The molecular weight excluding hydrogens is 312 g/mol. The van der Waals surface area contributed by atoms with E-state index in [9.17, 15) is 4.79 Å². The summed E-state index contributed by atoms with van der Waals surface area (Å²) < 4.78 is 0. The molecule has 1 atom stereocenters. The van der Waals surface area contributed by atoms with Gasteiger partial charge in [0.25, 0.3) is 5.91 Å². The molecule has 0 aliphatic heterocycles. The molecule has 2 heterocycles. The third-order valence-electron chi connectivity index (χ3n) is 3.33. The fourth-order valence-corrected chi connectivity index (χ4v) is 3.63. The summed E-state index contributed by atoms with van der Waals surface area (Å²) in [6.45, 7) is 1.90. The molecule has 0 bridgehead atoms.